The van der Waals surface area contributed by atoms with Crippen LogP contribution in [0.25, 0.3) is 10.4 Å². The molecule has 3 N–H and O–H groups in total. The molecular weight excluding hydrogens is 233 g/mol. The number of nitrogens with two attached hydrogens (primary N) is 1. The Morgan fingerprint density at radius 1 is 1.25 bits per heavy atom. The Bertz CT molecular complexity index is 496. The number of carbonyl (C=O) groups is 1. The first kappa shape index (κ1) is 13.3. The molecule has 0 atom stereocenters. The van der Waals surface area contributed by atoms with Crippen molar-refractivity contribution >= 4 is 52.6 Å². The summed E-state index contributed by atoms with van der Waals surface area (Å²) < 4.78 is 0. The third kappa shape index (κ3) is 2.65. The van der Waals surface area contributed by atoms with Crippen LogP contribution in [0.5, 0.6) is 0 Å². The summed E-state index contributed by atoms with van der Waals surface area (Å²) in [5.74, 6) is -0.973. The van der Waals surface area contributed by atoms with Crippen molar-refractivity contribution in [2.24, 2.45) is 0 Å². The van der Waals surface area contributed by atoms with Gasteiger partial charge < -0.3 is 10.8 Å². The van der Waals surface area contributed by atoms with Gasteiger partial charge in [0.15, 0.2) is 0 Å². The number of nitrogen functional groups attached to an aromatic ring is 1. The topological polar surface area (TPSA) is 63.3 Å². The number of hydrogen-bond donors (Lipinski definition) is 2. The van der Waals surface area contributed by atoms with E-state index in [1.165, 1.54) is 11.3 Å². The van der Waals surface area contributed by atoms with Crippen molar-refractivity contribution in [3.8, 4) is 10.4 Å². The van der Waals surface area contributed by atoms with Crippen LogP contribution < -0.4 is 5.73 Å². The molecule has 3 nitrogen and oxygen atoms in total. The van der Waals surface area contributed by atoms with Crippen LogP contribution in [0, 0.1) is 0 Å². The second kappa shape index (κ2) is 5.50. The molecule has 0 radical (unpaired) electrons. The van der Waals surface area contributed by atoms with Crippen LogP contribution in [0.4, 0.5) is 5.69 Å². The number of anilines is 1. The van der Waals surface area contributed by atoms with Gasteiger partial charge in [0.2, 0.25) is 0 Å². The summed E-state index contributed by atoms with van der Waals surface area (Å²) in [5.41, 5.74) is 6.92. The fraction of sp³-hybridized carbons (Fsp3) is 0. The minimum atomic E-state index is -0.973. The number of hydrogen-bond acceptors (Lipinski definition) is 3. The van der Waals surface area contributed by atoms with Crippen molar-refractivity contribution in [3.63, 3.8) is 0 Å². The first-order chi connectivity index (χ1) is 7.18. The van der Waals surface area contributed by atoms with Crippen LogP contribution >= 0.6 is 11.3 Å². The van der Waals surface area contributed by atoms with E-state index in [9.17, 15) is 4.79 Å². The average molecular weight is 243 g/mol. The van der Waals surface area contributed by atoms with Gasteiger partial charge in [-0.25, -0.2) is 4.79 Å². The van der Waals surface area contributed by atoms with Crippen molar-refractivity contribution in [1.82, 2.24) is 0 Å². The van der Waals surface area contributed by atoms with Crippen molar-refractivity contribution in [1.29, 1.82) is 0 Å². The summed E-state index contributed by atoms with van der Waals surface area (Å²) >= 11 is 1.20. The van der Waals surface area contributed by atoms with Crippen molar-refractivity contribution in [2.75, 3.05) is 5.73 Å². The normalized spacial score (nSPS) is 9.50. The first-order valence-electron chi connectivity index (χ1n) is 4.36. The predicted octanol–water partition coefficient (Wildman–Crippen LogP) is 2.05. The van der Waals surface area contributed by atoms with Crippen molar-refractivity contribution in [3.05, 3.63) is 41.3 Å². The second-order valence-electron chi connectivity index (χ2n) is 3.07. The van der Waals surface area contributed by atoms with E-state index in [0.717, 1.165) is 10.4 Å². The van der Waals surface area contributed by atoms with Crippen LogP contribution in [-0.2, 0) is 0 Å². The number of thiophene rings is 1. The maximum atomic E-state index is 10.8. The summed E-state index contributed by atoms with van der Waals surface area (Å²) in [7, 11) is 0. The molecule has 0 bridgehead atoms. The fourth-order valence-electron chi connectivity index (χ4n) is 1.32. The fourth-order valence-corrected chi connectivity index (χ4v) is 2.24. The van der Waals surface area contributed by atoms with E-state index < -0.39 is 5.97 Å². The van der Waals surface area contributed by atoms with Gasteiger partial charge in [0.25, 0.3) is 0 Å². The van der Waals surface area contributed by atoms with E-state index in [0.29, 0.717) is 5.69 Å². The molecule has 16 heavy (non-hydrogen) atoms. The van der Waals surface area contributed by atoms with E-state index >= 15 is 0 Å². The summed E-state index contributed by atoms with van der Waals surface area (Å²) in [4.78, 5) is 11.9. The zero-order chi connectivity index (χ0) is 10.8. The number of aromatic carboxylic acids is 1. The predicted molar refractivity (Wildman–Crippen MR) is 68.3 cm³/mol. The molecular formula is C11H10NNaO2S. The van der Waals surface area contributed by atoms with Gasteiger partial charge >= 0.3 is 35.5 Å². The molecule has 1 aromatic heterocycles. The Morgan fingerprint density at radius 2 is 1.88 bits per heavy atom. The van der Waals surface area contributed by atoms with Gasteiger partial charge in [-0.2, -0.15) is 0 Å². The van der Waals surface area contributed by atoms with E-state index in [2.05, 4.69) is 0 Å². The third-order valence-corrected chi connectivity index (χ3v) is 3.20. The number of carboxylic acids is 1. The monoisotopic (exact) mass is 243 g/mol. The molecule has 2 rings (SSSR count). The molecule has 0 amide bonds. The Hall–Kier alpha value is -0.810. The Morgan fingerprint density at radius 3 is 2.38 bits per heavy atom. The van der Waals surface area contributed by atoms with E-state index in [4.69, 9.17) is 10.8 Å². The summed E-state index contributed by atoms with van der Waals surface area (Å²) in [6.07, 6.45) is 0. The molecule has 0 saturated carbocycles. The molecule has 1 heterocycles. The molecule has 2 aromatic rings. The Balaban J connectivity index is 0.00000128. The maximum absolute atomic E-state index is 10.8. The Kier molecular flexibility index (Phi) is 4.56. The molecule has 78 valence electrons. The zero-order valence-corrected chi connectivity index (χ0v) is 8.62. The SMILES string of the molecule is Nc1cc(-c2ccccc2)sc1C(=O)O.[NaH]. The second-order valence-corrected chi connectivity index (χ2v) is 4.12. The molecule has 0 aliphatic carbocycles. The molecule has 0 spiro atoms. The summed E-state index contributed by atoms with van der Waals surface area (Å²) in [6, 6.07) is 11.3. The van der Waals surface area contributed by atoms with Gasteiger partial charge in [-0.3, -0.25) is 0 Å². The number of rotatable bonds is 2. The number of benzene rings is 1. The average Bonchev–Trinajstić information content (AvgIpc) is 2.62. The molecule has 1 aromatic carbocycles. The van der Waals surface area contributed by atoms with Crippen LogP contribution in [0.1, 0.15) is 9.67 Å². The molecule has 0 aliphatic rings. The molecule has 5 heteroatoms. The van der Waals surface area contributed by atoms with Crippen LogP contribution in [0.3, 0.4) is 0 Å². The molecule has 0 fully saturated rings. The standard InChI is InChI=1S/C11H9NO2S.Na.H/c12-8-6-9(15-10(8)11(13)14)7-4-2-1-3-5-7;;/h1-6H,12H2,(H,13,14);;. The van der Waals surface area contributed by atoms with Crippen LogP contribution in [-0.4, -0.2) is 40.6 Å². The molecule has 0 saturated heterocycles. The summed E-state index contributed by atoms with van der Waals surface area (Å²) in [6.45, 7) is 0. The van der Waals surface area contributed by atoms with Gasteiger partial charge in [0.05, 0.1) is 5.69 Å². The third-order valence-electron chi connectivity index (χ3n) is 2.01. The van der Waals surface area contributed by atoms with Crippen LogP contribution in [0.15, 0.2) is 36.4 Å². The zero-order valence-electron chi connectivity index (χ0n) is 7.81. The van der Waals surface area contributed by atoms with Crippen molar-refractivity contribution < 1.29 is 9.90 Å². The van der Waals surface area contributed by atoms with Gasteiger partial charge in [-0.1, -0.05) is 30.3 Å². The Labute approximate surface area is 119 Å². The van der Waals surface area contributed by atoms with Gasteiger partial charge in [-0.15, -0.1) is 11.3 Å². The molecule has 0 aliphatic heterocycles. The first-order valence-corrected chi connectivity index (χ1v) is 5.18. The van der Waals surface area contributed by atoms with Crippen LogP contribution in [0.2, 0.25) is 0 Å². The van der Waals surface area contributed by atoms with Crippen molar-refractivity contribution in [2.45, 2.75) is 0 Å². The van der Waals surface area contributed by atoms with Gasteiger partial charge in [-0.05, 0) is 11.6 Å². The van der Waals surface area contributed by atoms with E-state index in [1.807, 2.05) is 30.3 Å². The number of carboxylic acid groups (broad SMARTS) is 1. The molecule has 0 unspecified atom stereocenters. The van der Waals surface area contributed by atoms with Gasteiger partial charge in [0.1, 0.15) is 4.88 Å². The van der Waals surface area contributed by atoms with E-state index in [1.54, 1.807) is 6.07 Å². The summed E-state index contributed by atoms with van der Waals surface area (Å²) in [5, 5.41) is 8.86. The van der Waals surface area contributed by atoms with Gasteiger partial charge in [0, 0.05) is 4.88 Å². The quantitative estimate of drug-likeness (QED) is 0.793. The minimum absolute atomic E-state index is 0. The van der Waals surface area contributed by atoms with E-state index in [-0.39, 0.29) is 34.4 Å².